The van der Waals surface area contributed by atoms with Crippen LogP contribution in [-0.2, 0) is 14.6 Å². The summed E-state index contributed by atoms with van der Waals surface area (Å²) in [4.78, 5) is 13.6. The largest absolute Gasteiger partial charge is 0.337 e. The summed E-state index contributed by atoms with van der Waals surface area (Å²) in [7, 11) is -2.98. The Bertz CT molecular complexity index is 364. The van der Waals surface area contributed by atoms with Crippen molar-refractivity contribution in [3.05, 3.63) is 0 Å². The molecule has 1 aliphatic heterocycles. The molecule has 6 heteroatoms. The molecular weight excluding hydrogens is 228 g/mol. The van der Waals surface area contributed by atoms with Crippen LogP contribution in [0.2, 0.25) is 0 Å². The molecule has 16 heavy (non-hydrogen) atoms. The SMILES string of the molecule is CC(C)[C@@H](N)C(=O)N1CCS(=O)(=O)CC1C. The van der Waals surface area contributed by atoms with E-state index in [1.54, 1.807) is 11.8 Å². The van der Waals surface area contributed by atoms with Crippen molar-refractivity contribution >= 4 is 15.7 Å². The molecule has 1 saturated heterocycles. The monoisotopic (exact) mass is 248 g/mol. The molecule has 0 spiro atoms. The predicted molar refractivity (Wildman–Crippen MR) is 62.6 cm³/mol. The van der Waals surface area contributed by atoms with Crippen molar-refractivity contribution in [2.75, 3.05) is 18.1 Å². The summed E-state index contributed by atoms with van der Waals surface area (Å²) < 4.78 is 22.7. The smallest absolute Gasteiger partial charge is 0.240 e. The van der Waals surface area contributed by atoms with Crippen LogP contribution in [0.25, 0.3) is 0 Å². The van der Waals surface area contributed by atoms with Crippen LogP contribution in [0.1, 0.15) is 20.8 Å². The molecule has 1 fully saturated rings. The fraction of sp³-hybridized carbons (Fsp3) is 0.900. The quantitative estimate of drug-likeness (QED) is 0.722. The molecule has 5 nitrogen and oxygen atoms in total. The molecule has 0 bridgehead atoms. The third kappa shape index (κ3) is 2.95. The van der Waals surface area contributed by atoms with Crippen LogP contribution < -0.4 is 5.73 Å². The van der Waals surface area contributed by atoms with E-state index in [2.05, 4.69) is 0 Å². The van der Waals surface area contributed by atoms with Crippen LogP contribution in [-0.4, -0.2) is 49.4 Å². The Balaban J connectivity index is 2.73. The summed E-state index contributed by atoms with van der Waals surface area (Å²) in [6.07, 6.45) is 0. The number of hydrogen-bond acceptors (Lipinski definition) is 4. The second-order valence-corrected chi connectivity index (χ2v) is 6.99. The van der Waals surface area contributed by atoms with Crippen LogP contribution in [0.5, 0.6) is 0 Å². The number of nitrogens with zero attached hydrogens (tertiary/aromatic N) is 1. The Morgan fingerprint density at radius 2 is 2.00 bits per heavy atom. The van der Waals surface area contributed by atoms with Crippen molar-refractivity contribution in [1.29, 1.82) is 0 Å². The second kappa shape index (κ2) is 4.71. The average Bonchev–Trinajstić information content (AvgIpc) is 2.14. The number of carbonyl (C=O) groups excluding carboxylic acids is 1. The Labute approximate surface area is 96.9 Å². The van der Waals surface area contributed by atoms with E-state index in [0.717, 1.165) is 0 Å². The predicted octanol–water partition coefficient (Wildman–Crippen LogP) is -0.385. The lowest BCUT2D eigenvalue weighted by molar-refractivity contribution is -0.135. The highest BCUT2D eigenvalue weighted by atomic mass is 32.2. The maximum atomic E-state index is 12.0. The first-order chi connectivity index (χ1) is 7.24. The van der Waals surface area contributed by atoms with E-state index < -0.39 is 15.9 Å². The van der Waals surface area contributed by atoms with E-state index in [1.807, 2.05) is 13.8 Å². The van der Waals surface area contributed by atoms with Crippen molar-refractivity contribution in [2.45, 2.75) is 32.9 Å². The van der Waals surface area contributed by atoms with Crippen LogP contribution in [0.15, 0.2) is 0 Å². The summed E-state index contributed by atoms with van der Waals surface area (Å²) in [5, 5.41) is 0. The topological polar surface area (TPSA) is 80.5 Å². The third-order valence-electron chi connectivity index (χ3n) is 2.96. The van der Waals surface area contributed by atoms with Crippen molar-refractivity contribution < 1.29 is 13.2 Å². The van der Waals surface area contributed by atoms with Gasteiger partial charge in [0.05, 0.1) is 17.5 Å². The molecule has 2 atom stereocenters. The van der Waals surface area contributed by atoms with Crippen LogP contribution in [0.4, 0.5) is 0 Å². The van der Waals surface area contributed by atoms with Gasteiger partial charge < -0.3 is 10.6 Å². The summed E-state index contributed by atoms with van der Waals surface area (Å²) in [6.45, 7) is 5.78. The average molecular weight is 248 g/mol. The lowest BCUT2D eigenvalue weighted by Gasteiger charge is -2.35. The molecule has 1 unspecified atom stereocenters. The third-order valence-corrected chi connectivity index (χ3v) is 4.75. The normalized spacial score (nSPS) is 26.8. The second-order valence-electron chi connectivity index (χ2n) is 4.76. The van der Waals surface area contributed by atoms with Gasteiger partial charge in [-0.1, -0.05) is 13.8 Å². The number of hydrogen-bond donors (Lipinski definition) is 1. The number of rotatable bonds is 2. The molecule has 1 amide bonds. The van der Waals surface area contributed by atoms with Gasteiger partial charge in [-0.05, 0) is 12.8 Å². The van der Waals surface area contributed by atoms with Crippen molar-refractivity contribution in [3.8, 4) is 0 Å². The van der Waals surface area contributed by atoms with E-state index >= 15 is 0 Å². The van der Waals surface area contributed by atoms with Gasteiger partial charge in [0.15, 0.2) is 9.84 Å². The first-order valence-corrected chi connectivity index (χ1v) is 7.33. The van der Waals surface area contributed by atoms with Crippen molar-refractivity contribution in [3.63, 3.8) is 0 Å². The van der Waals surface area contributed by atoms with E-state index in [-0.39, 0.29) is 35.9 Å². The molecule has 1 rings (SSSR count). The lowest BCUT2D eigenvalue weighted by atomic mass is 10.0. The highest BCUT2D eigenvalue weighted by Crippen LogP contribution is 2.14. The molecule has 0 aromatic heterocycles. The Kier molecular flexibility index (Phi) is 3.96. The van der Waals surface area contributed by atoms with E-state index in [9.17, 15) is 13.2 Å². The standard InChI is InChI=1S/C10H20N2O3S/c1-7(2)9(11)10(13)12-4-5-16(14,15)6-8(12)3/h7-9H,4-6,11H2,1-3H3/t8?,9-/m1/s1. The first-order valence-electron chi connectivity index (χ1n) is 5.51. The fourth-order valence-electron chi connectivity index (χ4n) is 1.80. The maximum Gasteiger partial charge on any atom is 0.240 e. The maximum absolute atomic E-state index is 12.0. The molecule has 1 heterocycles. The molecular formula is C10H20N2O3S. The molecule has 0 aromatic carbocycles. The van der Waals surface area contributed by atoms with Gasteiger partial charge in [0.25, 0.3) is 0 Å². The van der Waals surface area contributed by atoms with E-state index in [0.29, 0.717) is 0 Å². The zero-order chi connectivity index (χ0) is 12.5. The van der Waals surface area contributed by atoms with E-state index in [4.69, 9.17) is 5.73 Å². The number of carbonyl (C=O) groups is 1. The Morgan fingerprint density at radius 1 is 1.44 bits per heavy atom. The van der Waals surface area contributed by atoms with Gasteiger partial charge >= 0.3 is 0 Å². The zero-order valence-electron chi connectivity index (χ0n) is 10.0. The summed E-state index contributed by atoms with van der Waals surface area (Å²) in [5.74, 6) is 0.0212. The van der Waals surface area contributed by atoms with Gasteiger partial charge in [0, 0.05) is 12.6 Å². The Morgan fingerprint density at radius 3 is 2.44 bits per heavy atom. The number of sulfone groups is 1. The highest BCUT2D eigenvalue weighted by Gasteiger charge is 2.33. The minimum Gasteiger partial charge on any atom is -0.337 e. The van der Waals surface area contributed by atoms with Crippen LogP contribution in [0.3, 0.4) is 0 Å². The van der Waals surface area contributed by atoms with Gasteiger partial charge in [-0.25, -0.2) is 8.42 Å². The van der Waals surface area contributed by atoms with Gasteiger partial charge in [-0.3, -0.25) is 4.79 Å². The zero-order valence-corrected chi connectivity index (χ0v) is 10.8. The summed E-state index contributed by atoms with van der Waals surface area (Å²) in [5.41, 5.74) is 5.78. The molecule has 0 saturated carbocycles. The van der Waals surface area contributed by atoms with Gasteiger partial charge in [0.1, 0.15) is 0 Å². The highest BCUT2D eigenvalue weighted by molar-refractivity contribution is 7.91. The molecule has 0 aromatic rings. The molecule has 2 N–H and O–H groups in total. The minimum atomic E-state index is -2.98. The van der Waals surface area contributed by atoms with Crippen molar-refractivity contribution in [1.82, 2.24) is 4.90 Å². The van der Waals surface area contributed by atoms with Crippen LogP contribution >= 0.6 is 0 Å². The minimum absolute atomic E-state index is 0.0452. The number of nitrogens with two attached hydrogens (primary N) is 1. The summed E-state index contributed by atoms with van der Waals surface area (Å²) in [6, 6.07) is -0.806. The Hall–Kier alpha value is -0.620. The fourth-order valence-corrected chi connectivity index (χ4v) is 3.36. The number of amides is 1. The molecule has 0 radical (unpaired) electrons. The summed E-state index contributed by atoms with van der Waals surface area (Å²) >= 11 is 0. The van der Waals surface area contributed by atoms with Crippen molar-refractivity contribution in [2.24, 2.45) is 11.7 Å². The molecule has 94 valence electrons. The lowest BCUT2D eigenvalue weighted by Crippen LogP contribution is -2.55. The first kappa shape index (κ1) is 13.4. The molecule has 1 aliphatic rings. The van der Waals surface area contributed by atoms with Gasteiger partial charge in [-0.15, -0.1) is 0 Å². The van der Waals surface area contributed by atoms with Crippen LogP contribution in [0, 0.1) is 5.92 Å². The van der Waals surface area contributed by atoms with Gasteiger partial charge in [-0.2, -0.15) is 0 Å². The van der Waals surface area contributed by atoms with Gasteiger partial charge in [0.2, 0.25) is 5.91 Å². The molecule has 0 aliphatic carbocycles. The van der Waals surface area contributed by atoms with E-state index in [1.165, 1.54) is 0 Å².